The van der Waals surface area contributed by atoms with E-state index >= 15 is 0 Å². The first-order valence-electron chi connectivity index (χ1n) is 5.30. The minimum absolute atomic E-state index is 0.0898. The Kier molecular flexibility index (Phi) is 2.40. The summed E-state index contributed by atoms with van der Waals surface area (Å²) in [7, 11) is 0. The smallest absolute Gasteiger partial charge is 0.367 e. The Hall–Kier alpha value is -2.50. The minimum atomic E-state index is -0.586. The summed E-state index contributed by atoms with van der Waals surface area (Å²) in [6, 6.07) is 6.29. The van der Waals surface area contributed by atoms with Crippen molar-refractivity contribution in [3.8, 4) is 0 Å². The van der Waals surface area contributed by atoms with Gasteiger partial charge in [-0.3, -0.25) is 0 Å². The number of nitrogens with zero attached hydrogens (tertiary/aromatic N) is 3. The van der Waals surface area contributed by atoms with E-state index in [1.165, 1.54) is 12.3 Å². The van der Waals surface area contributed by atoms with Gasteiger partial charge in [-0.1, -0.05) is 12.1 Å². The molecule has 0 fully saturated rings. The van der Waals surface area contributed by atoms with Crippen LogP contribution in [0.15, 0.2) is 44.9 Å². The van der Waals surface area contributed by atoms with Crippen LogP contribution in [0.5, 0.6) is 0 Å². The molecule has 0 saturated heterocycles. The van der Waals surface area contributed by atoms with Crippen molar-refractivity contribution in [1.29, 1.82) is 0 Å². The number of aliphatic imine (C=N–C) groups is 1. The molecule has 3 rings (SSSR count). The Bertz CT molecular complexity index is 681. The number of anilines is 2. The first kappa shape index (κ1) is 10.6. The molecule has 0 amide bonds. The van der Waals surface area contributed by atoms with E-state index in [2.05, 4.69) is 14.4 Å². The average Bonchev–Trinajstić information content (AvgIpc) is 2.40. The van der Waals surface area contributed by atoms with Crippen molar-refractivity contribution in [2.24, 2.45) is 4.99 Å². The lowest BCUT2D eigenvalue weighted by atomic mass is 10.2. The molecule has 0 atom stereocenters. The van der Waals surface area contributed by atoms with Crippen molar-refractivity contribution in [1.82, 2.24) is 4.98 Å². The lowest BCUT2D eigenvalue weighted by molar-refractivity contribution is 0.492. The normalized spacial score (nSPS) is 13.5. The zero-order valence-electron chi connectivity index (χ0n) is 9.21. The van der Waals surface area contributed by atoms with Crippen LogP contribution >= 0.6 is 0 Å². The Morgan fingerprint density at radius 2 is 2.17 bits per heavy atom. The van der Waals surface area contributed by atoms with Crippen LogP contribution in [0, 0.1) is 5.82 Å². The summed E-state index contributed by atoms with van der Waals surface area (Å²) in [4.78, 5) is 21.0. The number of halogens is 1. The topological polar surface area (TPSA) is 58.7 Å². The fraction of sp³-hybridized carbons (Fsp3) is 0.0833. The van der Waals surface area contributed by atoms with E-state index in [1.54, 1.807) is 23.1 Å². The summed E-state index contributed by atoms with van der Waals surface area (Å²) in [5.41, 5.74) is -0.146. The summed E-state index contributed by atoms with van der Waals surface area (Å²) < 4.78 is 18.4. The number of para-hydroxylation sites is 1. The second kappa shape index (κ2) is 4.06. The van der Waals surface area contributed by atoms with Gasteiger partial charge in [0.05, 0.1) is 12.2 Å². The van der Waals surface area contributed by atoms with E-state index in [9.17, 15) is 9.18 Å². The summed E-state index contributed by atoms with van der Waals surface area (Å²) in [5.74, 6) is -0.0763. The van der Waals surface area contributed by atoms with Crippen LogP contribution in [0.4, 0.5) is 21.6 Å². The van der Waals surface area contributed by atoms with E-state index in [-0.39, 0.29) is 11.5 Å². The molecule has 0 unspecified atom stereocenters. The van der Waals surface area contributed by atoms with Gasteiger partial charge < -0.3 is 9.32 Å². The van der Waals surface area contributed by atoms with Crippen molar-refractivity contribution in [3.05, 3.63) is 46.9 Å². The second-order valence-corrected chi connectivity index (χ2v) is 3.69. The molecular formula is C12H8FN3O2. The van der Waals surface area contributed by atoms with Crippen LogP contribution in [0.3, 0.4) is 0 Å². The lowest BCUT2D eigenvalue weighted by Crippen LogP contribution is -2.26. The fourth-order valence-corrected chi connectivity index (χ4v) is 1.82. The number of benzene rings is 1. The van der Waals surface area contributed by atoms with Crippen molar-refractivity contribution < 1.29 is 8.81 Å². The molecule has 0 saturated carbocycles. The van der Waals surface area contributed by atoms with Gasteiger partial charge in [0.1, 0.15) is 5.82 Å². The van der Waals surface area contributed by atoms with Crippen molar-refractivity contribution in [2.45, 2.75) is 0 Å². The van der Waals surface area contributed by atoms with Crippen molar-refractivity contribution in [3.63, 3.8) is 0 Å². The molecule has 1 aromatic heterocycles. The number of aromatic nitrogens is 1. The molecule has 90 valence electrons. The third-order valence-corrected chi connectivity index (χ3v) is 2.62. The van der Waals surface area contributed by atoms with Crippen LogP contribution < -0.4 is 10.5 Å². The Balaban J connectivity index is 2.18. The molecule has 2 aromatic rings. The number of rotatable bonds is 1. The Labute approximate surface area is 101 Å². The predicted molar refractivity (Wildman–Crippen MR) is 64.3 cm³/mol. The molecule has 6 heteroatoms. The van der Waals surface area contributed by atoms with Gasteiger partial charge in [0, 0.05) is 6.21 Å². The molecule has 0 aliphatic carbocycles. The highest BCUT2D eigenvalue weighted by molar-refractivity contribution is 5.83. The number of hydrogen-bond donors (Lipinski definition) is 0. The zero-order chi connectivity index (χ0) is 12.5. The molecule has 2 heterocycles. The molecule has 1 aliphatic rings. The highest BCUT2D eigenvalue weighted by Gasteiger charge is 2.22. The maximum atomic E-state index is 13.8. The molecule has 1 aromatic carbocycles. The summed E-state index contributed by atoms with van der Waals surface area (Å²) in [6.45, 7) is 0.352. The molecule has 1 aliphatic heterocycles. The van der Waals surface area contributed by atoms with Crippen LogP contribution in [-0.2, 0) is 0 Å². The highest BCUT2D eigenvalue weighted by Crippen LogP contribution is 2.32. The monoisotopic (exact) mass is 245 g/mol. The molecular weight excluding hydrogens is 237 g/mol. The quantitative estimate of drug-likeness (QED) is 0.771. The Morgan fingerprint density at radius 3 is 3.00 bits per heavy atom. The maximum Gasteiger partial charge on any atom is 0.367 e. The number of fused-ring (bicyclic) bond motifs is 1. The van der Waals surface area contributed by atoms with Gasteiger partial charge in [-0.25, -0.2) is 14.2 Å². The van der Waals surface area contributed by atoms with Crippen LogP contribution in [0.25, 0.3) is 0 Å². The van der Waals surface area contributed by atoms with Gasteiger partial charge in [0.15, 0.2) is 17.9 Å². The van der Waals surface area contributed by atoms with Gasteiger partial charge in [0.2, 0.25) is 0 Å². The molecule has 0 radical (unpaired) electrons. The standard InChI is InChI=1S/C12H8FN3O2/c13-8-3-1-2-4-9(8)16-6-5-14-10-11(16)15-7-18-12(10)17/h1-5,7H,6H2. The van der Waals surface area contributed by atoms with Gasteiger partial charge in [-0.05, 0) is 12.1 Å². The fourth-order valence-electron chi connectivity index (χ4n) is 1.82. The molecule has 5 nitrogen and oxygen atoms in total. The highest BCUT2D eigenvalue weighted by atomic mass is 19.1. The summed E-state index contributed by atoms with van der Waals surface area (Å²) in [6.07, 6.45) is 2.56. The largest absolute Gasteiger partial charge is 0.410 e. The molecule has 0 N–H and O–H groups in total. The van der Waals surface area contributed by atoms with Crippen molar-refractivity contribution in [2.75, 3.05) is 11.4 Å². The molecule has 18 heavy (non-hydrogen) atoms. The van der Waals surface area contributed by atoms with Gasteiger partial charge in [0.25, 0.3) is 0 Å². The van der Waals surface area contributed by atoms with Crippen LogP contribution in [0.2, 0.25) is 0 Å². The van der Waals surface area contributed by atoms with Gasteiger partial charge in [-0.2, -0.15) is 4.98 Å². The van der Waals surface area contributed by atoms with Crippen LogP contribution in [-0.4, -0.2) is 17.7 Å². The van der Waals surface area contributed by atoms with Crippen molar-refractivity contribution >= 4 is 23.4 Å². The maximum absolute atomic E-state index is 13.8. The summed E-state index contributed by atoms with van der Waals surface area (Å²) >= 11 is 0. The van der Waals surface area contributed by atoms with E-state index in [0.29, 0.717) is 18.1 Å². The summed E-state index contributed by atoms with van der Waals surface area (Å²) in [5, 5.41) is 0. The SMILES string of the molecule is O=c1ocnc2c1N=CCN2c1ccccc1F. The number of hydrogen-bond acceptors (Lipinski definition) is 5. The Morgan fingerprint density at radius 1 is 1.33 bits per heavy atom. The predicted octanol–water partition coefficient (Wildman–Crippen LogP) is 2.03. The van der Waals surface area contributed by atoms with Gasteiger partial charge >= 0.3 is 5.63 Å². The first-order chi connectivity index (χ1) is 8.77. The average molecular weight is 245 g/mol. The minimum Gasteiger partial charge on any atom is -0.410 e. The second-order valence-electron chi connectivity index (χ2n) is 3.69. The van der Waals surface area contributed by atoms with Crippen LogP contribution in [0.1, 0.15) is 0 Å². The molecule has 0 bridgehead atoms. The molecule has 0 spiro atoms. The van der Waals surface area contributed by atoms with E-state index in [4.69, 9.17) is 0 Å². The zero-order valence-corrected chi connectivity index (χ0v) is 9.21. The van der Waals surface area contributed by atoms with E-state index in [0.717, 1.165) is 6.39 Å². The third kappa shape index (κ3) is 1.58. The van der Waals surface area contributed by atoms with E-state index < -0.39 is 5.63 Å². The lowest BCUT2D eigenvalue weighted by Gasteiger charge is -2.25. The van der Waals surface area contributed by atoms with E-state index in [1.807, 2.05) is 0 Å². The first-order valence-corrected chi connectivity index (χ1v) is 5.30. The van der Waals surface area contributed by atoms with Gasteiger partial charge in [-0.15, -0.1) is 0 Å². The third-order valence-electron chi connectivity index (χ3n) is 2.62.